The number of ether oxygens (including phenoxy) is 1. The molecule has 0 aliphatic carbocycles. The van der Waals surface area contributed by atoms with Crippen LogP contribution in [0.3, 0.4) is 0 Å². The normalized spacial score (nSPS) is 10.9. The topological polar surface area (TPSA) is 58.6 Å². The SMILES string of the molecule is C=CCOc1ccc(C(=O)NC(CC)(CC)CO)cc1. The summed E-state index contributed by atoms with van der Waals surface area (Å²) >= 11 is 0. The molecule has 0 unspecified atom stereocenters. The van der Waals surface area contributed by atoms with Gasteiger partial charge in [-0.2, -0.15) is 0 Å². The highest BCUT2D eigenvalue weighted by Gasteiger charge is 2.27. The molecule has 4 heteroatoms. The van der Waals surface area contributed by atoms with Gasteiger partial charge in [-0.05, 0) is 37.1 Å². The van der Waals surface area contributed by atoms with Crippen molar-refractivity contribution in [3.05, 3.63) is 42.5 Å². The molecule has 0 saturated carbocycles. The van der Waals surface area contributed by atoms with Gasteiger partial charge in [0.25, 0.3) is 5.91 Å². The highest BCUT2D eigenvalue weighted by molar-refractivity contribution is 5.94. The molecule has 0 aliphatic heterocycles. The Kier molecular flexibility index (Phi) is 6.25. The van der Waals surface area contributed by atoms with Crippen LogP contribution in [0, 0.1) is 0 Å². The van der Waals surface area contributed by atoms with Crippen LogP contribution in [0.15, 0.2) is 36.9 Å². The molecule has 0 radical (unpaired) electrons. The van der Waals surface area contributed by atoms with E-state index in [0.717, 1.165) is 0 Å². The smallest absolute Gasteiger partial charge is 0.251 e. The zero-order valence-electron chi connectivity index (χ0n) is 12.2. The van der Waals surface area contributed by atoms with Gasteiger partial charge in [0.15, 0.2) is 0 Å². The van der Waals surface area contributed by atoms with Crippen LogP contribution >= 0.6 is 0 Å². The minimum Gasteiger partial charge on any atom is -0.490 e. The maximum absolute atomic E-state index is 12.2. The van der Waals surface area contributed by atoms with E-state index in [1.807, 2.05) is 13.8 Å². The number of nitrogens with one attached hydrogen (secondary N) is 1. The van der Waals surface area contributed by atoms with E-state index in [2.05, 4.69) is 11.9 Å². The number of aliphatic hydroxyl groups is 1. The molecule has 1 aromatic carbocycles. The molecule has 2 N–H and O–H groups in total. The summed E-state index contributed by atoms with van der Waals surface area (Å²) in [6.45, 7) is 7.85. The average Bonchev–Trinajstić information content (AvgIpc) is 2.51. The highest BCUT2D eigenvalue weighted by Crippen LogP contribution is 2.17. The van der Waals surface area contributed by atoms with Crippen LogP contribution in [0.1, 0.15) is 37.0 Å². The molecule has 0 fully saturated rings. The standard InChI is InChI=1S/C16H23NO3/c1-4-11-20-14-9-7-13(8-10-14)15(19)17-16(5-2,6-3)12-18/h4,7-10,18H,1,5-6,11-12H2,2-3H3,(H,17,19). The van der Waals surface area contributed by atoms with Crippen molar-refractivity contribution in [2.24, 2.45) is 0 Å². The van der Waals surface area contributed by atoms with Gasteiger partial charge in [-0.1, -0.05) is 26.5 Å². The summed E-state index contributed by atoms with van der Waals surface area (Å²) in [5, 5.41) is 12.4. The third-order valence-corrected chi connectivity index (χ3v) is 3.52. The fraction of sp³-hybridized carbons (Fsp3) is 0.438. The zero-order valence-corrected chi connectivity index (χ0v) is 12.2. The van der Waals surface area contributed by atoms with Crippen molar-refractivity contribution in [2.75, 3.05) is 13.2 Å². The number of amides is 1. The van der Waals surface area contributed by atoms with Gasteiger partial charge >= 0.3 is 0 Å². The van der Waals surface area contributed by atoms with Gasteiger partial charge < -0.3 is 15.2 Å². The van der Waals surface area contributed by atoms with Crippen LogP contribution in [-0.2, 0) is 0 Å². The van der Waals surface area contributed by atoms with Gasteiger partial charge in [-0.3, -0.25) is 4.79 Å². The first-order valence-electron chi connectivity index (χ1n) is 6.88. The van der Waals surface area contributed by atoms with Crippen molar-refractivity contribution in [3.63, 3.8) is 0 Å². The van der Waals surface area contributed by atoms with Crippen LogP contribution < -0.4 is 10.1 Å². The lowest BCUT2D eigenvalue weighted by molar-refractivity contribution is 0.0818. The van der Waals surface area contributed by atoms with Crippen molar-refractivity contribution < 1.29 is 14.6 Å². The predicted octanol–water partition coefficient (Wildman–Crippen LogP) is 2.53. The third-order valence-electron chi connectivity index (χ3n) is 3.52. The molecule has 20 heavy (non-hydrogen) atoms. The quantitative estimate of drug-likeness (QED) is 0.718. The van der Waals surface area contributed by atoms with E-state index in [1.165, 1.54) is 0 Å². The molecule has 110 valence electrons. The molecule has 0 spiro atoms. The van der Waals surface area contributed by atoms with E-state index in [1.54, 1.807) is 30.3 Å². The number of benzene rings is 1. The molecule has 0 aliphatic rings. The molecule has 4 nitrogen and oxygen atoms in total. The number of carbonyl (C=O) groups is 1. The Labute approximate surface area is 120 Å². The first kappa shape index (κ1) is 16.2. The fourth-order valence-electron chi connectivity index (χ4n) is 1.86. The van der Waals surface area contributed by atoms with Gasteiger partial charge in [-0.25, -0.2) is 0 Å². The maximum Gasteiger partial charge on any atom is 0.251 e. The van der Waals surface area contributed by atoms with Crippen LogP contribution in [0.5, 0.6) is 5.75 Å². The van der Waals surface area contributed by atoms with Crippen molar-refractivity contribution >= 4 is 5.91 Å². The van der Waals surface area contributed by atoms with Gasteiger partial charge in [0.05, 0.1) is 12.1 Å². The van der Waals surface area contributed by atoms with E-state index in [0.29, 0.717) is 30.8 Å². The lowest BCUT2D eigenvalue weighted by Gasteiger charge is -2.30. The Morgan fingerprint density at radius 2 is 1.95 bits per heavy atom. The average molecular weight is 277 g/mol. The summed E-state index contributed by atoms with van der Waals surface area (Å²) < 4.78 is 5.36. The molecule has 0 atom stereocenters. The molecule has 1 aromatic rings. The molecule has 1 amide bonds. The lowest BCUT2D eigenvalue weighted by atomic mass is 9.93. The highest BCUT2D eigenvalue weighted by atomic mass is 16.5. The minimum atomic E-state index is -0.547. The summed E-state index contributed by atoms with van der Waals surface area (Å²) in [5.41, 5.74) is 0.00502. The molecular weight excluding hydrogens is 254 g/mol. The number of hydrogen-bond donors (Lipinski definition) is 2. The number of carbonyl (C=O) groups excluding carboxylic acids is 1. The Balaban J connectivity index is 2.74. The number of rotatable bonds is 8. The first-order chi connectivity index (χ1) is 9.60. The predicted molar refractivity (Wildman–Crippen MR) is 80.0 cm³/mol. The summed E-state index contributed by atoms with van der Waals surface area (Å²) in [4.78, 5) is 12.2. The van der Waals surface area contributed by atoms with Crippen molar-refractivity contribution in [2.45, 2.75) is 32.2 Å². The number of hydrogen-bond acceptors (Lipinski definition) is 3. The van der Waals surface area contributed by atoms with Gasteiger partial charge in [0, 0.05) is 5.56 Å². The zero-order chi connectivity index (χ0) is 15.0. The van der Waals surface area contributed by atoms with Crippen LogP contribution in [-0.4, -0.2) is 29.8 Å². The van der Waals surface area contributed by atoms with Gasteiger partial charge in [-0.15, -0.1) is 0 Å². The monoisotopic (exact) mass is 277 g/mol. The summed E-state index contributed by atoms with van der Waals surface area (Å²) in [5.74, 6) is 0.513. The van der Waals surface area contributed by atoms with E-state index >= 15 is 0 Å². The van der Waals surface area contributed by atoms with Crippen molar-refractivity contribution in [1.82, 2.24) is 5.32 Å². The molecule has 1 rings (SSSR count). The van der Waals surface area contributed by atoms with Gasteiger partial charge in [0.2, 0.25) is 0 Å². The number of aliphatic hydroxyl groups excluding tert-OH is 1. The summed E-state index contributed by atoms with van der Waals surface area (Å²) in [7, 11) is 0. The molecular formula is C16H23NO3. The van der Waals surface area contributed by atoms with Crippen molar-refractivity contribution in [3.8, 4) is 5.75 Å². The molecule has 0 saturated heterocycles. The second-order valence-electron chi connectivity index (χ2n) is 4.72. The first-order valence-corrected chi connectivity index (χ1v) is 6.88. The molecule has 0 aromatic heterocycles. The van der Waals surface area contributed by atoms with E-state index in [-0.39, 0.29) is 12.5 Å². The molecule has 0 heterocycles. The second-order valence-corrected chi connectivity index (χ2v) is 4.72. The van der Waals surface area contributed by atoms with E-state index in [4.69, 9.17) is 4.74 Å². The fourth-order valence-corrected chi connectivity index (χ4v) is 1.86. The summed E-state index contributed by atoms with van der Waals surface area (Å²) in [6.07, 6.45) is 3.04. The lowest BCUT2D eigenvalue weighted by Crippen LogP contribution is -2.50. The van der Waals surface area contributed by atoms with Crippen LogP contribution in [0.4, 0.5) is 0 Å². The Hall–Kier alpha value is -1.81. The van der Waals surface area contributed by atoms with Gasteiger partial charge in [0.1, 0.15) is 12.4 Å². The largest absolute Gasteiger partial charge is 0.490 e. The maximum atomic E-state index is 12.2. The second kappa shape index (κ2) is 7.70. The molecule has 0 bridgehead atoms. The minimum absolute atomic E-state index is 0.0632. The Morgan fingerprint density at radius 3 is 2.40 bits per heavy atom. The van der Waals surface area contributed by atoms with Crippen LogP contribution in [0.2, 0.25) is 0 Å². The summed E-state index contributed by atoms with van der Waals surface area (Å²) in [6, 6.07) is 6.91. The van der Waals surface area contributed by atoms with Crippen LogP contribution in [0.25, 0.3) is 0 Å². The van der Waals surface area contributed by atoms with E-state index in [9.17, 15) is 9.90 Å². The third kappa shape index (κ3) is 4.10. The Bertz CT molecular complexity index is 427. The van der Waals surface area contributed by atoms with E-state index < -0.39 is 5.54 Å². The Morgan fingerprint density at radius 1 is 1.35 bits per heavy atom. The van der Waals surface area contributed by atoms with Crippen molar-refractivity contribution in [1.29, 1.82) is 0 Å².